The minimum atomic E-state index is -4.38. The second-order valence-corrected chi connectivity index (χ2v) is 8.18. The first-order valence-electron chi connectivity index (χ1n) is 10.1. The number of ether oxygens (including phenoxy) is 2. The van der Waals surface area contributed by atoms with Crippen LogP contribution in [-0.2, 0) is 11.3 Å². The SMILES string of the molecule is CCOc1ccc(-c2nc(CN3CCC(C(=O)NCC(F)(F)F)CC3)cs2)cc1OC. The Bertz CT molecular complexity index is 880. The Morgan fingerprint density at radius 1 is 1.29 bits per heavy atom. The van der Waals surface area contributed by atoms with E-state index in [9.17, 15) is 18.0 Å². The van der Waals surface area contributed by atoms with Crippen molar-refractivity contribution in [2.75, 3.05) is 33.4 Å². The van der Waals surface area contributed by atoms with Crippen molar-refractivity contribution in [2.45, 2.75) is 32.5 Å². The van der Waals surface area contributed by atoms with Crippen LogP contribution in [0.25, 0.3) is 10.6 Å². The van der Waals surface area contributed by atoms with E-state index in [1.54, 1.807) is 7.11 Å². The first-order valence-corrected chi connectivity index (χ1v) is 11.0. The van der Waals surface area contributed by atoms with Gasteiger partial charge >= 0.3 is 6.18 Å². The van der Waals surface area contributed by atoms with E-state index >= 15 is 0 Å². The number of aromatic nitrogens is 1. The normalized spacial score (nSPS) is 15.6. The Labute approximate surface area is 183 Å². The van der Waals surface area contributed by atoms with Gasteiger partial charge in [0.25, 0.3) is 0 Å². The Hall–Kier alpha value is -2.33. The van der Waals surface area contributed by atoms with Gasteiger partial charge in [-0.3, -0.25) is 9.69 Å². The van der Waals surface area contributed by atoms with Crippen molar-refractivity contribution < 1.29 is 27.4 Å². The molecule has 31 heavy (non-hydrogen) atoms. The molecule has 1 aliphatic heterocycles. The molecule has 1 N–H and O–H groups in total. The molecule has 2 heterocycles. The molecule has 1 amide bonds. The maximum atomic E-state index is 12.3. The molecule has 6 nitrogen and oxygen atoms in total. The third-order valence-corrected chi connectivity index (χ3v) is 6.01. The van der Waals surface area contributed by atoms with Crippen LogP contribution in [0.1, 0.15) is 25.5 Å². The largest absolute Gasteiger partial charge is 0.493 e. The number of nitrogens with one attached hydrogen (secondary N) is 1. The summed E-state index contributed by atoms with van der Waals surface area (Å²) in [5.74, 6) is 0.452. The van der Waals surface area contributed by atoms with Gasteiger partial charge in [-0.15, -0.1) is 11.3 Å². The smallest absolute Gasteiger partial charge is 0.405 e. The molecule has 1 fully saturated rings. The van der Waals surface area contributed by atoms with E-state index in [-0.39, 0.29) is 5.92 Å². The number of piperidine rings is 1. The summed E-state index contributed by atoms with van der Waals surface area (Å²) >= 11 is 1.54. The number of thiazole rings is 1. The number of rotatable bonds is 8. The lowest BCUT2D eigenvalue weighted by Crippen LogP contribution is -2.42. The number of methoxy groups -OCH3 is 1. The van der Waals surface area contributed by atoms with Crippen LogP contribution in [0.4, 0.5) is 13.2 Å². The molecule has 1 aliphatic rings. The predicted molar refractivity (Wildman–Crippen MR) is 112 cm³/mol. The Morgan fingerprint density at radius 2 is 2.03 bits per heavy atom. The van der Waals surface area contributed by atoms with Gasteiger partial charge in [0.2, 0.25) is 5.91 Å². The molecule has 0 saturated carbocycles. The number of benzene rings is 1. The number of likely N-dealkylation sites (tertiary alicyclic amines) is 1. The van der Waals surface area contributed by atoms with Gasteiger partial charge in [0.05, 0.1) is 19.4 Å². The maximum absolute atomic E-state index is 12.3. The molecular formula is C21H26F3N3O3S. The third-order valence-electron chi connectivity index (χ3n) is 5.07. The third kappa shape index (κ3) is 6.57. The van der Waals surface area contributed by atoms with Crippen LogP contribution in [0.5, 0.6) is 11.5 Å². The van der Waals surface area contributed by atoms with E-state index in [4.69, 9.17) is 14.5 Å². The molecule has 0 unspecified atom stereocenters. The number of halogens is 3. The monoisotopic (exact) mass is 457 g/mol. The summed E-state index contributed by atoms with van der Waals surface area (Å²) in [6.07, 6.45) is -3.31. The summed E-state index contributed by atoms with van der Waals surface area (Å²) in [4.78, 5) is 18.8. The van der Waals surface area contributed by atoms with Crippen LogP contribution in [0, 0.1) is 5.92 Å². The van der Waals surface area contributed by atoms with Gasteiger partial charge in [0, 0.05) is 23.4 Å². The van der Waals surface area contributed by atoms with Crippen LogP contribution < -0.4 is 14.8 Å². The number of hydrogen-bond donors (Lipinski definition) is 1. The standard InChI is InChI=1S/C21H26F3N3O3S/c1-3-30-17-5-4-15(10-18(17)29-2)20-26-16(12-31-20)11-27-8-6-14(7-9-27)19(28)25-13-21(22,23)24/h4-5,10,12,14H,3,6-9,11,13H2,1-2H3,(H,25,28). The summed E-state index contributed by atoms with van der Waals surface area (Å²) in [5, 5.41) is 4.86. The fourth-order valence-corrected chi connectivity index (χ4v) is 4.31. The highest BCUT2D eigenvalue weighted by atomic mass is 32.1. The number of alkyl halides is 3. The zero-order valence-corrected chi connectivity index (χ0v) is 18.3. The summed E-state index contributed by atoms with van der Waals surface area (Å²) in [7, 11) is 1.60. The first-order chi connectivity index (χ1) is 14.8. The van der Waals surface area contributed by atoms with Gasteiger partial charge in [-0.25, -0.2) is 4.98 Å². The Kier molecular flexibility index (Phi) is 7.77. The van der Waals surface area contributed by atoms with Crippen molar-refractivity contribution in [3.63, 3.8) is 0 Å². The molecule has 0 radical (unpaired) electrons. The van der Waals surface area contributed by atoms with Crippen LogP contribution in [0.2, 0.25) is 0 Å². The second kappa shape index (κ2) is 10.3. The van der Waals surface area contributed by atoms with Gasteiger partial charge in [0.1, 0.15) is 11.6 Å². The highest BCUT2D eigenvalue weighted by Crippen LogP contribution is 2.34. The van der Waals surface area contributed by atoms with Crippen molar-refractivity contribution in [3.8, 4) is 22.1 Å². The van der Waals surface area contributed by atoms with Crippen molar-refractivity contribution >= 4 is 17.2 Å². The molecule has 1 saturated heterocycles. The summed E-state index contributed by atoms with van der Waals surface area (Å²) in [6, 6.07) is 5.72. The van der Waals surface area contributed by atoms with Crippen molar-refractivity contribution in [1.29, 1.82) is 0 Å². The zero-order chi connectivity index (χ0) is 22.4. The van der Waals surface area contributed by atoms with Crippen molar-refractivity contribution in [3.05, 3.63) is 29.3 Å². The van der Waals surface area contributed by atoms with Gasteiger partial charge < -0.3 is 14.8 Å². The molecule has 0 spiro atoms. The number of carbonyl (C=O) groups excluding carboxylic acids is 1. The molecule has 10 heteroatoms. The average Bonchev–Trinajstić information content (AvgIpc) is 3.21. The van der Waals surface area contributed by atoms with E-state index in [0.29, 0.717) is 50.6 Å². The first kappa shape index (κ1) is 23.3. The van der Waals surface area contributed by atoms with Gasteiger partial charge in [0.15, 0.2) is 11.5 Å². The summed E-state index contributed by atoms with van der Waals surface area (Å²) in [5.41, 5.74) is 1.87. The minimum Gasteiger partial charge on any atom is -0.493 e. The molecule has 0 atom stereocenters. The van der Waals surface area contributed by atoms with E-state index in [0.717, 1.165) is 16.3 Å². The van der Waals surface area contributed by atoms with E-state index in [1.165, 1.54) is 11.3 Å². The lowest BCUT2D eigenvalue weighted by Gasteiger charge is -2.30. The van der Waals surface area contributed by atoms with Gasteiger partial charge in [-0.05, 0) is 51.1 Å². The Balaban J connectivity index is 1.54. The number of amides is 1. The lowest BCUT2D eigenvalue weighted by atomic mass is 9.96. The molecule has 0 aliphatic carbocycles. The molecule has 1 aromatic carbocycles. The maximum Gasteiger partial charge on any atom is 0.405 e. The molecular weight excluding hydrogens is 431 g/mol. The van der Waals surface area contributed by atoms with Crippen LogP contribution in [-0.4, -0.2) is 55.3 Å². The highest BCUT2D eigenvalue weighted by molar-refractivity contribution is 7.13. The molecule has 1 aromatic heterocycles. The Morgan fingerprint density at radius 3 is 2.68 bits per heavy atom. The molecule has 2 aromatic rings. The van der Waals surface area contributed by atoms with Gasteiger partial charge in [-0.2, -0.15) is 13.2 Å². The van der Waals surface area contributed by atoms with Crippen molar-refractivity contribution in [2.24, 2.45) is 5.92 Å². The fraction of sp³-hybridized carbons (Fsp3) is 0.524. The van der Waals surface area contributed by atoms with Crippen molar-refractivity contribution in [1.82, 2.24) is 15.2 Å². The topological polar surface area (TPSA) is 63.7 Å². The predicted octanol–water partition coefficient (Wildman–Crippen LogP) is 4.11. The molecule has 0 bridgehead atoms. The second-order valence-electron chi connectivity index (χ2n) is 7.33. The fourth-order valence-electron chi connectivity index (χ4n) is 3.50. The van der Waals surface area contributed by atoms with Crippen LogP contribution in [0.3, 0.4) is 0 Å². The molecule has 3 rings (SSSR count). The lowest BCUT2D eigenvalue weighted by molar-refractivity contribution is -0.141. The number of hydrogen-bond acceptors (Lipinski definition) is 6. The van der Waals surface area contributed by atoms with Crippen LogP contribution >= 0.6 is 11.3 Å². The van der Waals surface area contributed by atoms with E-state index in [1.807, 2.05) is 35.8 Å². The van der Waals surface area contributed by atoms with E-state index < -0.39 is 18.6 Å². The van der Waals surface area contributed by atoms with Crippen LogP contribution in [0.15, 0.2) is 23.6 Å². The number of nitrogens with zero attached hydrogens (tertiary/aromatic N) is 2. The zero-order valence-electron chi connectivity index (χ0n) is 17.5. The van der Waals surface area contributed by atoms with E-state index in [2.05, 4.69) is 4.90 Å². The average molecular weight is 458 g/mol. The quantitative estimate of drug-likeness (QED) is 0.647. The molecule has 170 valence electrons. The highest BCUT2D eigenvalue weighted by Gasteiger charge is 2.31. The van der Waals surface area contributed by atoms with Gasteiger partial charge in [-0.1, -0.05) is 0 Å². The summed E-state index contributed by atoms with van der Waals surface area (Å²) in [6.45, 7) is 3.13. The minimum absolute atomic E-state index is 0.374. The number of carbonyl (C=O) groups is 1. The summed E-state index contributed by atoms with van der Waals surface area (Å²) < 4.78 is 47.8.